The van der Waals surface area contributed by atoms with Gasteiger partial charge >= 0.3 is 6.03 Å². The number of carbonyl (C=O) groups excluding carboxylic acids is 2. The lowest BCUT2D eigenvalue weighted by Gasteiger charge is -2.11. The summed E-state index contributed by atoms with van der Waals surface area (Å²) < 4.78 is 7.40. The van der Waals surface area contributed by atoms with Crippen LogP contribution < -0.4 is 10.1 Å². The highest BCUT2D eigenvalue weighted by molar-refractivity contribution is 14.1. The molecular weight excluding hydrogens is 546 g/mol. The van der Waals surface area contributed by atoms with Gasteiger partial charge in [-0.1, -0.05) is 30.3 Å². The minimum Gasteiger partial charge on any atom is -0.495 e. The van der Waals surface area contributed by atoms with Gasteiger partial charge in [-0.05, 0) is 69.0 Å². The lowest BCUT2D eigenvalue weighted by Crippen LogP contribution is -2.30. The predicted molar refractivity (Wildman–Crippen MR) is 112 cm³/mol. The summed E-state index contributed by atoms with van der Waals surface area (Å²) in [5, 5.41) is 2.65. The largest absolute Gasteiger partial charge is 0.495 e. The van der Waals surface area contributed by atoms with Gasteiger partial charge in [0.05, 0.1) is 17.2 Å². The zero-order valence-electron chi connectivity index (χ0n) is 13.3. The van der Waals surface area contributed by atoms with E-state index in [9.17, 15) is 9.59 Å². The quantitative estimate of drug-likeness (QED) is 0.350. The summed E-state index contributed by atoms with van der Waals surface area (Å²) in [6.07, 6.45) is 1.66. The molecule has 1 N–H and O–H groups in total. The Labute approximate surface area is 172 Å². The van der Waals surface area contributed by atoms with Gasteiger partial charge in [-0.15, -0.1) is 0 Å². The molecule has 1 saturated heterocycles. The lowest BCUT2D eigenvalue weighted by molar-refractivity contribution is -0.123. The van der Waals surface area contributed by atoms with E-state index in [1.54, 1.807) is 13.2 Å². The van der Waals surface area contributed by atoms with Crippen LogP contribution in [0.3, 0.4) is 0 Å². The van der Waals surface area contributed by atoms with E-state index in [1.165, 1.54) is 4.90 Å². The van der Waals surface area contributed by atoms with Gasteiger partial charge in [0.25, 0.3) is 5.91 Å². The molecule has 2 aromatic rings. The smallest absolute Gasteiger partial charge is 0.329 e. The molecule has 0 radical (unpaired) electrons. The van der Waals surface area contributed by atoms with E-state index in [1.807, 2.05) is 42.5 Å². The van der Waals surface area contributed by atoms with E-state index in [4.69, 9.17) is 4.74 Å². The van der Waals surface area contributed by atoms with E-state index in [-0.39, 0.29) is 18.1 Å². The van der Waals surface area contributed by atoms with Gasteiger partial charge in [0.2, 0.25) is 0 Å². The summed E-state index contributed by atoms with van der Waals surface area (Å²) in [5.74, 6) is 0.335. The van der Waals surface area contributed by atoms with Crippen LogP contribution in [0.15, 0.2) is 48.2 Å². The van der Waals surface area contributed by atoms with Crippen LogP contribution >= 0.6 is 45.2 Å². The first-order valence-electron chi connectivity index (χ1n) is 7.41. The number of ether oxygens (including phenoxy) is 1. The van der Waals surface area contributed by atoms with Crippen LogP contribution in [0.2, 0.25) is 0 Å². The van der Waals surface area contributed by atoms with Crippen molar-refractivity contribution in [1.82, 2.24) is 10.2 Å². The Morgan fingerprint density at radius 1 is 1.16 bits per heavy atom. The Balaban J connectivity index is 1.91. The second-order valence-corrected chi connectivity index (χ2v) is 7.78. The van der Waals surface area contributed by atoms with Gasteiger partial charge in [0.1, 0.15) is 11.4 Å². The van der Waals surface area contributed by atoms with Crippen molar-refractivity contribution >= 4 is 63.2 Å². The van der Waals surface area contributed by atoms with Crippen molar-refractivity contribution < 1.29 is 14.3 Å². The molecule has 0 aromatic heterocycles. The number of benzene rings is 2. The van der Waals surface area contributed by atoms with Gasteiger partial charge in [0.15, 0.2) is 0 Å². The number of hydrogen-bond donors (Lipinski definition) is 1. The second kappa shape index (κ2) is 7.73. The van der Waals surface area contributed by atoms with Crippen LogP contribution in [0, 0.1) is 7.14 Å². The average molecular weight is 560 g/mol. The molecule has 0 bridgehead atoms. The molecule has 25 heavy (non-hydrogen) atoms. The summed E-state index contributed by atoms with van der Waals surface area (Å²) in [5.41, 5.74) is 1.90. The molecule has 1 aliphatic rings. The van der Waals surface area contributed by atoms with Gasteiger partial charge in [0, 0.05) is 9.13 Å². The molecule has 128 valence electrons. The minimum atomic E-state index is -0.417. The van der Waals surface area contributed by atoms with E-state index in [0.717, 1.165) is 18.3 Å². The van der Waals surface area contributed by atoms with Crippen molar-refractivity contribution in [2.24, 2.45) is 0 Å². The summed E-state index contributed by atoms with van der Waals surface area (Å²) in [6.45, 7) is 0.240. The van der Waals surface area contributed by atoms with Crippen molar-refractivity contribution in [3.8, 4) is 5.75 Å². The molecule has 0 saturated carbocycles. The van der Waals surface area contributed by atoms with Crippen molar-refractivity contribution in [2.45, 2.75) is 6.54 Å². The Bertz CT molecular complexity index is 866. The van der Waals surface area contributed by atoms with Crippen LogP contribution in [0.5, 0.6) is 5.75 Å². The molecule has 1 heterocycles. The molecule has 0 unspecified atom stereocenters. The summed E-state index contributed by atoms with van der Waals surface area (Å²) in [7, 11) is 1.59. The molecule has 7 heteroatoms. The van der Waals surface area contributed by atoms with E-state index in [2.05, 4.69) is 50.5 Å². The molecule has 1 aliphatic heterocycles. The van der Waals surface area contributed by atoms with Crippen molar-refractivity contribution in [3.05, 3.63) is 66.4 Å². The number of amides is 3. The third-order valence-corrected chi connectivity index (χ3v) is 5.11. The van der Waals surface area contributed by atoms with Crippen molar-refractivity contribution in [1.29, 1.82) is 0 Å². The number of halogens is 2. The van der Waals surface area contributed by atoms with E-state index < -0.39 is 6.03 Å². The molecule has 0 aliphatic carbocycles. The zero-order valence-corrected chi connectivity index (χ0v) is 17.6. The lowest BCUT2D eigenvalue weighted by atomic mass is 10.1. The Hall–Kier alpha value is -1.62. The number of nitrogens with zero attached hydrogens (tertiary/aromatic N) is 1. The number of imide groups is 1. The monoisotopic (exact) mass is 560 g/mol. The Morgan fingerprint density at radius 3 is 2.56 bits per heavy atom. The SMILES string of the molecule is COc1c(I)cc(I)cc1/C=C1/NC(=O)N(Cc2ccccc2)C1=O. The maximum atomic E-state index is 12.6. The molecule has 1 fully saturated rings. The van der Waals surface area contributed by atoms with Crippen LogP contribution in [-0.2, 0) is 11.3 Å². The molecule has 5 nitrogen and oxygen atoms in total. The number of nitrogens with one attached hydrogen (secondary N) is 1. The number of rotatable bonds is 4. The fourth-order valence-electron chi connectivity index (χ4n) is 2.54. The molecule has 0 atom stereocenters. The Morgan fingerprint density at radius 2 is 1.88 bits per heavy atom. The number of carbonyl (C=O) groups is 2. The minimum absolute atomic E-state index is 0.240. The van der Waals surface area contributed by atoms with Gasteiger partial charge in [-0.3, -0.25) is 9.69 Å². The standard InChI is InChI=1S/C18H14I2N2O3/c1-25-16-12(7-13(19)9-14(16)20)8-15-17(23)22(18(24)21-15)10-11-5-3-2-4-6-11/h2-9H,10H2,1H3,(H,21,24)/b15-8+. The normalized spacial score (nSPS) is 15.6. The van der Waals surface area contributed by atoms with E-state index >= 15 is 0 Å². The predicted octanol–water partition coefficient (Wildman–Crippen LogP) is 4.00. The molecule has 3 amide bonds. The fraction of sp³-hybridized carbons (Fsp3) is 0.111. The summed E-state index contributed by atoms with van der Waals surface area (Å²) >= 11 is 4.39. The third-order valence-electron chi connectivity index (χ3n) is 3.69. The van der Waals surface area contributed by atoms with E-state index in [0.29, 0.717) is 5.75 Å². The van der Waals surface area contributed by atoms with Gasteiger partial charge in [-0.2, -0.15) is 0 Å². The number of hydrogen-bond acceptors (Lipinski definition) is 3. The van der Waals surface area contributed by atoms with Crippen molar-refractivity contribution in [2.75, 3.05) is 7.11 Å². The van der Waals surface area contributed by atoms with Crippen LogP contribution in [0.25, 0.3) is 6.08 Å². The molecule has 0 spiro atoms. The maximum Gasteiger partial charge on any atom is 0.329 e. The van der Waals surface area contributed by atoms with Crippen LogP contribution in [-0.4, -0.2) is 23.9 Å². The molecular formula is C18H14I2N2O3. The Kier molecular flexibility index (Phi) is 5.62. The first-order valence-corrected chi connectivity index (χ1v) is 9.57. The molecule has 2 aromatic carbocycles. The molecule has 3 rings (SSSR count). The third kappa shape index (κ3) is 3.97. The topological polar surface area (TPSA) is 58.6 Å². The van der Waals surface area contributed by atoms with Crippen LogP contribution in [0.1, 0.15) is 11.1 Å². The fourth-order valence-corrected chi connectivity index (χ4v) is 4.65. The highest BCUT2D eigenvalue weighted by Gasteiger charge is 2.33. The number of methoxy groups -OCH3 is 1. The van der Waals surface area contributed by atoms with Gasteiger partial charge in [-0.25, -0.2) is 4.79 Å². The first-order chi connectivity index (χ1) is 12.0. The maximum absolute atomic E-state index is 12.6. The summed E-state index contributed by atoms with van der Waals surface area (Å²) in [4.78, 5) is 26.0. The zero-order chi connectivity index (χ0) is 18.0. The summed E-state index contributed by atoms with van der Waals surface area (Å²) in [6, 6.07) is 12.9. The highest BCUT2D eigenvalue weighted by atomic mass is 127. The average Bonchev–Trinajstić information content (AvgIpc) is 2.83. The highest BCUT2D eigenvalue weighted by Crippen LogP contribution is 2.30. The second-order valence-electron chi connectivity index (χ2n) is 5.38. The first kappa shape index (κ1) is 18.2. The van der Waals surface area contributed by atoms with Crippen LogP contribution in [0.4, 0.5) is 4.79 Å². The van der Waals surface area contributed by atoms with Crippen molar-refractivity contribution in [3.63, 3.8) is 0 Å². The number of urea groups is 1. The van der Waals surface area contributed by atoms with Gasteiger partial charge < -0.3 is 10.1 Å².